The zero-order valence-electron chi connectivity index (χ0n) is 11.1. The van der Waals surface area contributed by atoms with Crippen LogP contribution >= 0.6 is 11.3 Å². The van der Waals surface area contributed by atoms with Crippen molar-refractivity contribution in [2.45, 2.75) is 45.1 Å². The van der Waals surface area contributed by atoms with Crippen molar-refractivity contribution in [1.82, 2.24) is 4.98 Å². The number of carbonyl (C=O) groups excluding carboxylic acids is 1. The average Bonchev–Trinajstić information content (AvgIpc) is 2.96. The van der Waals surface area contributed by atoms with Gasteiger partial charge in [-0.25, -0.2) is 9.78 Å². The Hall–Kier alpha value is -0.940. The van der Waals surface area contributed by atoms with Crippen LogP contribution in [0.25, 0.3) is 0 Å². The van der Waals surface area contributed by atoms with E-state index in [9.17, 15) is 4.79 Å². The Balaban J connectivity index is 2.34. The summed E-state index contributed by atoms with van der Waals surface area (Å²) in [4.78, 5) is 16.8. The number of carbonyl (C=O) groups is 1. The highest BCUT2D eigenvalue weighted by Gasteiger charge is 2.40. The maximum absolute atomic E-state index is 11.6. The molecule has 0 saturated heterocycles. The van der Waals surface area contributed by atoms with Crippen LogP contribution in [0.2, 0.25) is 0 Å². The summed E-state index contributed by atoms with van der Waals surface area (Å²) in [5, 5.41) is 0.930. The lowest BCUT2D eigenvalue weighted by Crippen LogP contribution is -2.25. The maximum Gasteiger partial charge on any atom is 0.349 e. The number of aromatic nitrogens is 1. The van der Waals surface area contributed by atoms with Gasteiger partial charge in [-0.15, -0.1) is 11.3 Å². The van der Waals surface area contributed by atoms with Crippen molar-refractivity contribution in [1.29, 1.82) is 0 Å². The molecule has 2 rings (SSSR count). The quantitative estimate of drug-likeness (QED) is 0.788. The lowest BCUT2D eigenvalue weighted by atomic mass is 10.0. The van der Waals surface area contributed by atoms with Crippen molar-refractivity contribution in [3.05, 3.63) is 15.6 Å². The smallest absolute Gasteiger partial charge is 0.349 e. The first-order valence-corrected chi connectivity index (χ1v) is 7.15. The van der Waals surface area contributed by atoms with Crippen molar-refractivity contribution in [3.8, 4) is 0 Å². The number of esters is 1. The summed E-state index contributed by atoms with van der Waals surface area (Å²) in [6.45, 7) is 4.52. The third-order valence-electron chi connectivity index (χ3n) is 3.39. The van der Waals surface area contributed by atoms with E-state index in [4.69, 9.17) is 9.47 Å². The molecule has 0 amide bonds. The van der Waals surface area contributed by atoms with Gasteiger partial charge in [0.05, 0.1) is 12.8 Å². The average molecular weight is 269 g/mol. The second kappa shape index (κ2) is 5.36. The molecular weight excluding hydrogens is 250 g/mol. The molecule has 0 atom stereocenters. The zero-order chi connectivity index (χ0) is 13.2. The number of methoxy groups -OCH3 is 1. The highest BCUT2D eigenvalue weighted by atomic mass is 32.1. The van der Waals surface area contributed by atoms with Gasteiger partial charge < -0.3 is 9.47 Å². The van der Waals surface area contributed by atoms with E-state index >= 15 is 0 Å². The van der Waals surface area contributed by atoms with E-state index in [1.807, 2.05) is 13.8 Å². The molecule has 18 heavy (non-hydrogen) atoms. The van der Waals surface area contributed by atoms with Gasteiger partial charge in [0.1, 0.15) is 15.5 Å². The molecule has 5 heteroatoms. The molecule has 1 heterocycles. The lowest BCUT2D eigenvalue weighted by Gasteiger charge is -2.26. The predicted octanol–water partition coefficient (Wildman–Crippen LogP) is 3.04. The van der Waals surface area contributed by atoms with Crippen molar-refractivity contribution in [3.63, 3.8) is 0 Å². The minimum Gasteiger partial charge on any atom is -0.465 e. The molecule has 100 valence electrons. The molecule has 1 aromatic heterocycles. The van der Waals surface area contributed by atoms with E-state index in [0.29, 0.717) is 11.5 Å². The van der Waals surface area contributed by atoms with Gasteiger partial charge in [0.25, 0.3) is 0 Å². The fourth-order valence-electron chi connectivity index (χ4n) is 2.52. The number of hydrogen-bond acceptors (Lipinski definition) is 5. The van der Waals surface area contributed by atoms with Gasteiger partial charge in [0.2, 0.25) is 0 Å². The monoisotopic (exact) mass is 269 g/mol. The number of aryl methyl sites for hydroxylation is 1. The number of rotatable bonds is 4. The van der Waals surface area contributed by atoms with Crippen LogP contribution in [0, 0.1) is 6.92 Å². The van der Waals surface area contributed by atoms with Gasteiger partial charge in [-0.1, -0.05) is 12.8 Å². The topological polar surface area (TPSA) is 48.4 Å². The lowest BCUT2D eigenvalue weighted by molar-refractivity contribution is -0.0391. The summed E-state index contributed by atoms with van der Waals surface area (Å²) in [5.41, 5.74) is 0.476. The molecule has 0 spiro atoms. The fraction of sp³-hybridized carbons (Fsp3) is 0.692. The SMILES string of the molecule is CCOC1(c2nc(C)c(C(=O)OC)s2)CCCC1. The van der Waals surface area contributed by atoms with E-state index in [2.05, 4.69) is 4.98 Å². The minimum absolute atomic E-state index is 0.267. The summed E-state index contributed by atoms with van der Waals surface area (Å²) >= 11 is 1.42. The Morgan fingerprint density at radius 2 is 2.11 bits per heavy atom. The summed E-state index contributed by atoms with van der Waals surface area (Å²) in [7, 11) is 1.40. The molecule has 0 aliphatic heterocycles. The first-order chi connectivity index (χ1) is 8.63. The van der Waals surface area contributed by atoms with Gasteiger partial charge in [-0.05, 0) is 26.7 Å². The van der Waals surface area contributed by atoms with Crippen LogP contribution in [-0.2, 0) is 15.1 Å². The molecule has 1 fully saturated rings. The second-order valence-electron chi connectivity index (χ2n) is 4.56. The van der Waals surface area contributed by atoms with Crippen LogP contribution < -0.4 is 0 Å². The Bertz CT molecular complexity index is 435. The van der Waals surface area contributed by atoms with Crippen LogP contribution in [0.3, 0.4) is 0 Å². The standard InChI is InChI=1S/C13H19NO3S/c1-4-17-13(7-5-6-8-13)12-14-9(2)10(18-12)11(15)16-3/h4-8H2,1-3H3. The molecule has 0 bridgehead atoms. The Kier molecular flexibility index (Phi) is 4.02. The van der Waals surface area contributed by atoms with Gasteiger partial charge in [0, 0.05) is 6.61 Å². The van der Waals surface area contributed by atoms with Crippen molar-refractivity contribution in [2.24, 2.45) is 0 Å². The summed E-state index contributed by atoms with van der Waals surface area (Å²) in [5.74, 6) is -0.305. The third kappa shape index (κ3) is 2.29. The number of nitrogens with zero attached hydrogens (tertiary/aromatic N) is 1. The van der Waals surface area contributed by atoms with Crippen molar-refractivity contribution >= 4 is 17.3 Å². The highest BCUT2D eigenvalue weighted by Crippen LogP contribution is 2.44. The van der Waals surface area contributed by atoms with E-state index in [1.54, 1.807) is 0 Å². The molecule has 4 nitrogen and oxygen atoms in total. The first kappa shape index (κ1) is 13.5. The van der Waals surface area contributed by atoms with Crippen LogP contribution in [0.15, 0.2) is 0 Å². The molecule has 0 unspecified atom stereocenters. The van der Waals surface area contributed by atoms with Crippen LogP contribution in [0.4, 0.5) is 0 Å². The largest absolute Gasteiger partial charge is 0.465 e. The number of thiazole rings is 1. The van der Waals surface area contributed by atoms with E-state index < -0.39 is 0 Å². The Labute approximate surface area is 111 Å². The molecular formula is C13H19NO3S. The fourth-order valence-corrected chi connectivity index (χ4v) is 3.70. The van der Waals surface area contributed by atoms with Gasteiger partial charge in [-0.2, -0.15) is 0 Å². The number of hydrogen-bond donors (Lipinski definition) is 0. The summed E-state index contributed by atoms with van der Waals surface area (Å²) in [6.07, 6.45) is 4.31. The first-order valence-electron chi connectivity index (χ1n) is 6.33. The molecule has 1 saturated carbocycles. The number of ether oxygens (including phenoxy) is 2. The Morgan fingerprint density at radius 1 is 1.44 bits per heavy atom. The van der Waals surface area contributed by atoms with Crippen molar-refractivity contribution < 1.29 is 14.3 Å². The second-order valence-corrected chi connectivity index (χ2v) is 5.56. The molecule has 0 radical (unpaired) electrons. The van der Waals surface area contributed by atoms with Gasteiger partial charge in [-0.3, -0.25) is 0 Å². The maximum atomic E-state index is 11.6. The normalized spacial score (nSPS) is 17.9. The zero-order valence-corrected chi connectivity index (χ0v) is 11.9. The molecule has 1 aliphatic carbocycles. The van der Waals surface area contributed by atoms with Crippen LogP contribution in [0.1, 0.15) is 53.0 Å². The minimum atomic E-state index is -0.305. The summed E-state index contributed by atoms with van der Waals surface area (Å²) < 4.78 is 10.7. The van der Waals surface area contributed by atoms with E-state index in [1.165, 1.54) is 18.4 Å². The van der Waals surface area contributed by atoms with E-state index in [0.717, 1.165) is 36.4 Å². The van der Waals surface area contributed by atoms with Crippen LogP contribution in [-0.4, -0.2) is 24.7 Å². The molecule has 0 aromatic carbocycles. The summed E-state index contributed by atoms with van der Waals surface area (Å²) in [6, 6.07) is 0. The van der Waals surface area contributed by atoms with Gasteiger partial charge in [0.15, 0.2) is 0 Å². The Morgan fingerprint density at radius 3 is 2.67 bits per heavy atom. The molecule has 1 aliphatic rings. The third-order valence-corrected chi connectivity index (χ3v) is 4.71. The molecule has 1 aromatic rings. The highest BCUT2D eigenvalue weighted by molar-refractivity contribution is 7.13. The van der Waals surface area contributed by atoms with E-state index in [-0.39, 0.29) is 11.6 Å². The van der Waals surface area contributed by atoms with Crippen LogP contribution in [0.5, 0.6) is 0 Å². The van der Waals surface area contributed by atoms with Gasteiger partial charge >= 0.3 is 5.97 Å². The predicted molar refractivity (Wildman–Crippen MR) is 70.0 cm³/mol. The van der Waals surface area contributed by atoms with Crippen molar-refractivity contribution in [2.75, 3.05) is 13.7 Å². The molecule has 0 N–H and O–H groups in total.